The van der Waals surface area contributed by atoms with Crippen LogP contribution >= 0.6 is 0 Å². The molecule has 180 valence electrons. The van der Waals surface area contributed by atoms with Gasteiger partial charge in [0.15, 0.2) is 0 Å². The van der Waals surface area contributed by atoms with E-state index < -0.39 is 0 Å². The van der Waals surface area contributed by atoms with Crippen molar-refractivity contribution in [3.8, 4) is 0 Å². The van der Waals surface area contributed by atoms with Crippen molar-refractivity contribution in [3.05, 3.63) is 81.6 Å². The van der Waals surface area contributed by atoms with Gasteiger partial charge in [-0.05, 0) is 77.0 Å². The summed E-state index contributed by atoms with van der Waals surface area (Å²) >= 11 is 0. The van der Waals surface area contributed by atoms with Gasteiger partial charge in [-0.3, -0.25) is 4.99 Å². The summed E-state index contributed by atoms with van der Waals surface area (Å²) in [6.45, 7) is 24.1. The molecule has 33 heavy (non-hydrogen) atoms. The van der Waals surface area contributed by atoms with Crippen LogP contribution in [0, 0.1) is 0 Å². The highest BCUT2D eigenvalue weighted by atomic mass is 14.9. The zero-order valence-corrected chi connectivity index (χ0v) is 22.7. The fraction of sp³-hybridized carbons (Fsp3) is 0.516. The Morgan fingerprint density at radius 3 is 1.48 bits per heavy atom. The molecule has 0 aliphatic carbocycles. The molecule has 0 aliphatic rings. The average molecular weight is 447 g/mol. The summed E-state index contributed by atoms with van der Waals surface area (Å²) in [6, 6.07) is 13.5. The van der Waals surface area contributed by atoms with E-state index in [1.807, 2.05) is 0 Å². The third-order valence-electron chi connectivity index (χ3n) is 6.44. The molecule has 0 aliphatic heterocycles. The predicted molar refractivity (Wildman–Crippen MR) is 147 cm³/mol. The molecule has 1 N–H and O–H groups in total. The Hall–Kier alpha value is -2.35. The van der Waals surface area contributed by atoms with Crippen molar-refractivity contribution in [1.29, 1.82) is 0 Å². The second kappa shape index (κ2) is 12.2. The maximum Gasteiger partial charge on any atom is 0.0648 e. The molecule has 2 aromatic rings. The van der Waals surface area contributed by atoms with Crippen LogP contribution in [0.5, 0.6) is 0 Å². The molecule has 2 heteroatoms. The Morgan fingerprint density at radius 1 is 0.697 bits per heavy atom. The zero-order chi connectivity index (χ0) is 24.7. The third-order valence-corrected chi connectivity index (χ3v) is 6.44. The molecule has 0 radical (unpaired) electrons. The summed E-state index contributed by atoms with van der Waals surface area (Å²) in [7, 11) is 0. The van der Waals surface area contributed by atoms with Gasteiger partial charge < -0.3 is 5.32 Å². The molecule has 0 saturated carbocycles. The van der Waals surface area contributed by atoms with Gasteiger partial charge in [-0.2, -0.15) is 0 Å². The first-order valence-electron chi connectivity index (χ1n) is 12.7. The Kier molecular flexibility index (Phi) is 9.95. The average Bonchev–Trinajstić information content (AvgIpc) is 2.75. The second-order valence-corrected chi connectivity index (χ2v) is 10.6. The van der Waals surface area contributed by atoms with E-state index in [4.69, 9.17) is 4.99 Å². The third kappa shape index (κ3) is 7.32. The van der Waals surface area contributed by atoms with Crippen molar-refractivity contribution in [1.82, 2.24) is 5.32 Å². The number of hydrogen-bond acceptors (Lipinski definition) is 2. The largest absolute Gasteiger partial charge is 0.384 e. The summed E-state index contributed by atoms with van der Waals surface area (Å²) in [5.74, 6) is 2.04. The van der Waals surface area contributed by atoms with E-state index >= 15 is 0 Å². The van der Waals surface area contributed by atoms with Crippen molar-refractivity contribution in [3.63, 3.8) is 0 Å². The summed E-state index contributed by atoms with van der Waals surface area (Å²) in [4.78, 5) is 4.97. The minimum Gasteiger partial charge on any atom is -0.384 e. The highest BCUT2D eigenvalue weighted by Crippen LogP contribution is 2.29. The lowest BCUT2D eigenvalue weighted by molar-refractivity contribution is 0.742. The first kappa shape index (κ1) is 26.9. The molecule has 0 heterocycles. The molecule has 0 unspecified atom stereocenters. The molecule has 0 fully saturated rings. The minimum absolute atomic E-state index is 0.504. The van der Waals surface area contributed by atoms with Crippen LogP contribution in [-0.4, -0.2) is 5.71 Å². The highest BCUT2D eigenvalue weighted by molar-refractivity contribution is 5.93. The SMILES string of the molecule is CC(/C=C(/C)NCc1c(C(C)C)cccc1C(C)C)=NCc1c(C(C)C)cccc1C(C)C. The van der Waals surface area contributed by atoms with Crippen LogP contribution in [-0.2, 0) is 13.1 Å². The lowest BCUT2D eigenvalue weighted by Gasteiger charge is -2.20. The van der Waals surface area contributed by atoms with Crippen LogP contribution in [0.15, 0.2) is 53.2 Å². The molecule has 0 saturated heterocycles. The molecular weight excluding hydrogens is 400 g/mol. The Morgan fingerprint density at radius 2 is 1.09 bits per heavy atom. The summed E-state index contributed by atoms with van der Waals surface area (Å²) in [6.07, 6.45) is 2.18. The first-order chi connectivity index (χ1) is 15.5. The van der Waals surface area contributed by atoms with Crippen LogP contribution in [0.1, 0.15) is 126 Å². The number of allylic oxidation sites excluding steroid dienone is 2. The number of hydrogen-bond donors (Lipinski definition) is 1. The van der Waals surface area contributed by atoms with Gasteiger partial charge in [0.1, 0.15) is 0 Å². The minimum atomic E-state index is 0.504. The highest BCUT2D eigenvalue weighted by Gasteiger charge is 2.14. The number of rotatable bonds is 10. The van der Waals surface area contributed by atoms with E-state index in [9.17, 15) is 0 Å². The van der Waals surface area contributed by atoms with Crippen LogP contribution in [0.2, 0.25) is 0 Å². The van der Waals surface area contributed by atoms with Gasteiger partial charge in [0.2, 0.25) is 0 Å². The number of benzene rings is 2. The quantitative estimate of drug-likeness (QED) is 0.362. The van der Waals surface area contributed by atoms with Crippen LogP contribution in [0.4, 0.5) is 0 Å². The molecule has 0 aromatic heterocycles. The van der Waals surface area contributed by atoms with Crippen LogP contribution < -0.4 is 5.32 Å². The number of nitrogens with zero attached hydrogens (tertiary/aromatic N) is 1. The standard InChI is InChI=1S/C31H46N2/c1-20(2)26-13-11-14-27(21(3)4)30(26)18-32-24(9)17-25(10)33-19-31-28(22(5)6)15-12-16-29(31)23(7)8/h11-17,20-23,32H,18-19H2,1-10H3/b24-17-,33-25?. The van der Waals surface area contributed by atoms with Crippen molar-refractivity contribution in [2.45, 2.75) is 106 Å². The van der Waals surface area contributed by atoms with Gasteiger partial charge >= 0.3 is 0 Å². The van der Waals surface area contributed by atoms with Crippen LogP contribution in [0.25, 0.3) is 0 Å². The van der Waals surface area contributed by atoms with Crippen molar-refractivity contribution >= 4 is 5.71 Å². The van der Waals surface area contributed by atoms with E-state index in [0.717, 1.165) is 24.5 Å². The molecule has 0 bridgehead atoms. The maximum atomic E-state index is 4.97. The lowest BCUT2D eigenvalue weighted by Crippen LogP contribution is -2.16. The topological polar surface area (TPSA) is 24.4 Å². The molecule has 2 aromatic carbocycles. The van der Waals surface area contributed by atoms with Crippen molar-refractivity contribution < 1.29 is 0 Å². The Labute approximate surface area is 203 Å². The fourth-order valence-electron chi connectivity index (χ4n) is 4.64. The van der Waals surface area contributed by atoms with Gasteiger partial charge in [0.25, 0.3) is 0 Å². The Balaban J connectivity index is 2.21. The van der Waals surface area contributed by atoms with E-state index in [1.54, 1.807) is 0 Å². The molecule has 0 amide bonds. The molecular formula is C31H46N2. The predicted octanol–water partition coefficient (Wildman–Crippen LogP) is 8.83. The van der Waals surface area contributed by atoms with Crippen LogP contribution in [0.3, 0.4) is 0 Å². The smallest absolute Gasteiger partial charge is 0.0648 e. The molecule has 0 atom stereocenters. The van der Waals surface area contributed by atoms with E-state index in [-0.39, 0.29) is 0 Å². The van der Waals surface area contributed by atoms with Crippen molar-refractivity contribution in [2.24, 2.45) is 4.99 Å². The maximum absolute atomic E-state index is 4.97. The fourth-order valence-corrected chi connectivity index (χ4v) is 4.64. The summed E-state index contributed by atoms with van der Waals surface area (Å²) in [5, 5.41) is 3.66. The van der Waals surface area contributed by atoms with Gasteiger partial charge in [0, 0.05) is 18.0 Å². The molecule has 2 rings (SSSR count). The Bertz CT molecular complexity index is 922. The van der Waals surface area contributed by atoms with Gasteiger partial charge in [0.05, 0.1) is 6.54 Å². The molecule has 2 nitrogen and oxygen atoms in total. The monoisotopic (exact) mass is 446 g/mol. The van der Waals surface area contributed by atoms with E-state index in [0.29, 0.717) is 23.7 Å². The van der Waals surface area contributed by atoms with Gasteiger partial charge in [-0.25, -0.2) is 0 Å². The zero-order valence-electron chi connectivity index (χ0n) is 22.7. The number of nitrogens with one attached hydrogen (secondary N) is 1. The van der Waals surface area contributed by atoms with Gasteiger partial charge in [-0.15, -0.1) is 0 Å². The van der Waals surface area contributed by atoms with E-state index in [2.05, 4.69) is 117 Å². The first-order valence-corrected chi connectivity index (χ1v) is 12.7. The number of aliphatic imine (C=N–C) groups is 1. The lowest BCUT2D eigenvalue weighted by atomic mass is 9.88. The summed E-state index contributed by atoms with van der Waals surface area (Å²) < 4.78 is 0. The summed E-state index contributed by atoms with van der Waals surface area (Å²) in [5.41, 5.74) is 10.8. The van der Waals surface area contributed by atoms with Crippen molar-refractivity contribution in [2.75, 3.05) is 0 Å². The second-order valence-electron chi connectivity index (χ2n) is 10.6. The molecule has 0 spiro atoms. The van der Waals surface area contributed by atoms with E-state index in [1.165, 1.54) is 33.4 Å². The van der Waals surface area contributed by atoms with Gasteiger partial charge in [-0.1, -0.05) is 91.8 Å². The normalized spacial score (nSPS) is 13.0.